The van der Waals surface area contributed by atoms with Crippen molar-refractivity contribution >= 4 is 31.5 Å². The lowest BCUT2D eigenvalue weighted by atomic mass is 9.78. The Balaban J connectivity index is 2.43. The van der Waals surface area contributed by atoms with E-state index >= 15 is 0 Å². The molecule has 0 bridgehead atoms. The van der Waals surface area contributed by atoms with Crippen molar-refractivity contribution in [2.24, 2.45) is 0 Å². The Morgan fingerprint density at radius 3 is 2.21 bits per heavy atom. The molecule has 0 radical (unpaired) electrons. The van der Waals surface area contributed by atoms with E-state index in [0.717, 1.165) is 6.07 Å². The number of alkyl halides is 3. The van der Waals surface area contributed by atoms with Crippen LogP contribution in [-0.4, -0.2) is 24.1 Å². The Morgan fingerprint density at radius 2 is 1.75 bits per heavy atom. The predicted octanol–water partition coefficient (Wildman–Crippen LogP) is 4.23. The summed E-state index contributed by atoms with van der Waals surface area (Å²) < 4.78 is 51.5. The maximum absolute atomic E-state index is 13.2. The molecule has 0 spiro atoms. The highest BCUT2D eigenvalue weighted by Gasteiger charge is 2.52. The van der Waals surface area contributed by atoms with Crippen LogP contribution in [0.1, 0.15) is 38.8 Å². The highest BCUT2D eigenvalue weighted by Crippen LogP contribution is 2.40. The summed E-state index contributed by atoms with van der Waals surface area (Å²) in [6.07, 6.45) is -3.09. The van der Waals surface area contributed by atoms with Crippen LogP contribution in [0.3, 0.4) is 0 Å². The summed E-state index contributed by atoms with van der Waals surface area (Å²) in [5.74, 6) is 0.207. The van der Waals surface area contributed by atoms with Gasteiger partial charge in [0.15, 0.2) is 0 Å². The number of anilines is 1. The standard InChI is InChI=1S/C16H21BF3NO2S/c1-14(2)15(3,4)23-17(22-14)11(9-24)7-10-5-6-12(21)8-13(10)16(18,19)20/h5-8,24H,9,21H2,1-4H3. The van der Waals surface area contributed by atoms with E-state index in [1.54, 1.807) is 0 Å². The van der Waals surface area contributed by atoms with Crippen molar-refractivity contribution in [3.8, 4) is 0 Å². The van der Waals surface area contributed by atoms with Crippen molar-refractivity contribution in [3.63, 3.8) is 0 Å². The van der Waals surface area contributed by atoms with Crippen LogP contribution in [0.2, 0.25) is 0 Å². The van der Waals surface area contributed by atoms with Gasteiger partial charge in [0.05, 0.1) is 16.8 Å². The van der Waals surface area contributed by atoms with Gasteiger partial charge in [0.25, 0.3) is 0 Å². The summed E-state index contributed by atoms with van der Waals surface area (Å²) >= 11 is 4.23. The van der Waals surface area contributed by atoms with Gasteiger partial charge in [0, 0.05) is 11.4 Å². The molecule has 132 valence electrons. The molecule has 1 aliphatic rings. The Morgan fingerprint density at radius 1 is 1.21 bits per heavy atom. The molecular weight excluding hydrogens is 338 g/mol. The monoisotopic (exact) mass is 359 g/mol. The fourth-order valence-electron chi connectivity index (χ4n) is 2.33. The fourth-order valence-corrected chi connectivity index (χ4v) is 2.57. The molecule has 1 heterocycles. The lowest BCUT2D eigenvalue weighted by Gasteiger charge is -2.32. The first-order chi connectivity index (χ1) is 10.9. The molecule has 3 nitrogen and oxygen atoms in total. The minimum atomic E-state index is -4.50. The molecule has 1 aliphatic heterocycles. The van der Waals surface area contributed by atoms with E-state index in [1.165, 1.54) is 18.2 Å². The van der Waals surface area contributed by atoms with E-state index in [0.29, 0.717) is 5.47 Å². The molecule has 0 aliphatic carbocycles. The van der Waals surface area contributed by atoms with Gasteiger partial charge >= 0.3 is 13.3 Å². The lowest BCUT2D eigenvalue weighted by Crippen LogP contribution is -2.41. The molecule has 1 saturated heterocycles. The minimum absolute atomic E-state index is 0.00969. The lowest BCUT2D eigenvalue weighted by molar-refractivity contribution is -0.137. The first-order valence-electron chi connectivity index (χ1n) is 7.51. The molecule has 1 aromatic carbocycles. The first-order valence-corrected chi connectivity index (χ1v) is 8.14. The van der Waals surface area contributed by atoms with E-state index in [4.69, 9.17) is 15.0 Å². The van der Waals surface area contributed by atoms with Crippen LogP contribution in [0, 0.1) is 0 Å². The van der Waals surface area contributed by atoms with Gasteiger partial charge in [0.2, 0.25) is 0 Å². The summed E-state index contributed by atoms with van der Waals surface area (Å²) in [6.45, 7) is 7.53. The van der Waals surface area contributed by atoms with E-state index < -0.39 is 30.1 Å². The quantitative estimate of drug-likeness (QED) is 0.482. The number of nitrogen functional groups attached to an aromatic ring is 1. The number of rotatable bonds is 3. The summed E-state index contributed by atoms with van der Waals surface area (Å²) in [5, 5.41) is 0. The second kappa shape index (κ2) is 6.31. The summed E-state index contributed by atoms with van der Waals surface area (Å²) in [7, 11) is -0.744. The molecule has 0 aromatic heterocycles. The molecule has 1 aromatic rings. The van der Waals surface area contributed by atoms with E-state index in [1.807, 2.05) is 27.7 Å². The number of thiol groups is 1. The summed E-state index contributed by atoms with van der Waals surface area (Å²) in [5.41, 5.74) is 4.14. The smallest absolute Gasteiger partial charge is 0.400 e. The zero-order valence-corrected chi connectivity index (χ0v) is 15.0. The van der Waals surface area contributed by atoms with Gasteiger partial charge in [-0.25, -0.2) is 0 Å². The summed E-state index contributed by atoms with van der Waals surface area (Å²) in [6, 6.07) is 3.69. The molecular formula is C16H21BF3NO2S. The molecule has 2 N–H and O–H groups in total. The number of benzene rings is 1. The average Bonchev–Trinajstić information content (AvgIpc) is 2.64. The second-order valence-electron chi connectivity index (χ2n) is 6.81. The largest absolute Gasteiger partial charge is 0.491 e. The van der Waals surface area contributed by atoms with Gasteiger partial charge in [-0.15, -0.1) is 0 Å². The molecule has 2 rings (SSSR count). The molecule has 0 amide bonds. The van der Waals surface area contributed by atoms with Crippen LogP contribution in [0.5, 0.6) is 0 Å². The van der Waals surface area contributed by atoms with Crippen LogP contribution >= 0.6 is 12.6 Å². The number of hydrogen-bond donors (Lipinski definition) is 2. The second-order valence-corrected chi connectivity index (χ2v) is 7.13. The highest BCUT2D eigenvalue weighted by molar-refractivity contribution is 7.80. The van der Waals surface area contributed by atoms with Gasteiger partial charge in [-0.1, -0.05) is 12.1 Å². The van der Waals surface area contributed by atoms with Crippen molar-refractivity contribution in [1.29, 1.82) is 0 Å². The molecule has 0 unspecified atom stereocenters. The first kappa shape index (κ1) is 19.2. The third kappa shape index (κ3) is 3.76. The number of halogens is 3. The average molecular weight is 359 g/mol. The van der Waals surface area contributed by atoms with Crippen molar-refractivity contribution in [2.75, 3.05) is 11.5 Å². The molecule has 1 fully saturated rings. The van der Waals surface area contributed by atoms with Crippen molar-refractivity contribution in [2.45, 2.75) is 45.1 Å². The SMILES string of the molecule is CC1(C)OB(C(=Cc2ccc(N)cc2C(F)(F)F)CS)OC1(C)C. The van der Waals surface area contributed by atoms with Crippen molar-refractivity contribution < 1.29 is 22.5 Å². The van der Waals surface area contributed by atoms with Crippen LogP contribution in [-0.2, 0) is 15.5 Å². The van der Waals surface area contributed by atoms with Gasteiger partial charge in [-0.05, 0) is 50.9 Å². The molecule has 0 saturated carbocycles. The Bertz CT molecular complexity index is 643. The van der Waals surface area contributed by atoms with E-state index in [-0.39, 0.29) is 17.0 Å². The third-order valence-corrected chi connectivity index (χ3v) is 4.83. The van der Waals surface area contributed by atoms with Crippen molar-refractivity contribution in [3.05, 3.63) is 34.8 Å². The van der Waals surface area contributed by atoms with Gasteiger partial charge in [-0.2, -0.15) is 25.8 Å². The Kier molecular flexibility index (Phi) is 5.05. The fraction of sp³-hybridized carbons (Fsp3) is 0.500. The van der Waals surface area contributed by atoms with Crippen LogP contribution < -0.4 is 5.73 Å². The van der Waals surface area contributed by atoms with Crippen LogP contribution in [0.15, 0.2) is 23.7 Å². The van der Waals surface area contributed by atoms with Gasteiger partial charge in [-0.3, -0.25) is 0 Å². The minimum Gasteiger partial charge on any atom is -0.400 e. The van der Waals surface area contributed by atoms with Gasteiger partial charge < -0.3 is 15.0 Å². The van der Waals surface area contributed by atoms with E-state index in [2.05, 4.69) is 12.6 Å². The predicted molar refractivity (Wildman–Crippen MR) is 93.8 cm³/mol. The maximum atomic E-state index is 13.2. The van der Waals surface area contributed by atoms with Crippen LogP contribution in [0.25, 0.3) is 6.08 Å². The Labute approximate surface area is 145 Å². The normalized spacial score (nSPS) is 20.5. The maximum Gasteiger partial charge on any atom is 0.491 e. The van der Waals surface area contributed by atoms with Crippen LogP contribution in [0.4, 0.5) is 18.9 Å². The van der Waals surface area contributed by atoms with Gasteiger partial charge in [0.1, 0.15) is 0 Å². The third-order valence-electron chi connectivity index (χ3n) is 4.46. The zero-order valence-electron chi connectivity index (χ0n) is 14.1. The Hall–Kier alpha value is -1.12. The number of nitrogens with two attached hydrogens (primary N) is 1. The molecule has 24 heavy (non-hydrogen) atoms. The topological polar surface area (TPSA) is 44.5 Å². The zero-order chi connectivity index (χ0) is 18.3. The van der Waals surface area contributed by atoms with E-state index in [9.17, 15) is 13.2 Å². The molecule has 8 heteroatoms. The highest BCUT2D eigenvalue weighted by atomic mass is 32.1. The summed E-state index contributed by atoms with van der Waals surface area (Å²) in [4.78, 5) is 0. The number of hydrogen-bond acceptors (Lipinski definition) is 4. The molecule has 0 atom stereocenters. The van der Waals surface area contributed by atoms with Crippen molar-refractivity contribution in [1.82, 2.24) is 0 Å².